The maximum absolute atomic E-state index is 12.2. The topological polar surface area (TPSA) is 44.8 Å². The first-order valence-electron chi connectivity index (χ1n) is 9.20. The molecule has 0 atom stereocenters. The summed E-state index contributed by atoms with van der Waals surface area (Å²) in [6.07, 6.45) is 3.73. The molecule has 0 aliphatic carbocycles. The standard InChI is InChI=1S/C19H29N3O2/c23-19(24-16-18-4-2-1-3-5-18)22-14-12-21(13-15-22)11-8-17-6-9-20-10-7-17/h1-5,17,20H,6-16H2. The monoisotopic (exact) mass is 331 g/mol. The van der Waals surface area contributed by atoms with Crippen LogP contribution in [0, 0.1) is 5.92 Å². The lowest BCUT2D eigenvalue weighted by Gasteiger charge is -2.35. The molecule has 2 aliphatic heterocycles. The summed E-state index contributed by atoms with van der Waals surface area (Å²) < 4.78 is 5.42. The molecule has 5 heteroatoms. The number of carbonyl (C=O) groups excluding carboxylic acids is 1. The zero-order valence-electron chi connectivity index (χ0n) is 14.5. The van der Waals surface area contributed by atoms with Crippen molar-refractivity contribution in [3.63, 3.8) is 0 Å². The van der Waals surface area contributed by atoms with Gasteiger partial charge in [-0.15, -0.1) is 0 Å². The lowest BCUT2D eigenvalue weighted by atomic mass is 9.94. The van der Waals surface area contributed by atoms with Crippen molar-refractivity contribution in [2.24, 2.45) is 5.92 Å². The van der Waals surface area contributed by atoms with Crippen molar-refractivity contribution >= 4 is 6.09 Å². The van der Waals surface area contributed by atoms with E-state index >= 15 is 0 Å². The van der Waals surface area contributed by atoms with Gasteiger partial charge in [0.25, 0.3) is 0 Å². The van der Waals surface area contributed by atoms with Crippen molar-refractivity contribution in [1.82, 2.24) is 15.1 Å². The zero-order valence-corrected chi connectivity index (χ0v) is 14.5. The van der Waals surface area contributed by atoms with Crippen LogP contribution < -0.4 is 5.32 Å². The fraction of sp³-hybridized carbons (Fsp3) is 0.632. The Labute approximate surface area is 145 Å². The summed E-state index contributed by atoms with van der Waals surface area (Å²) in [6, 6.07) is 9.85. The van der Waals surface area contributed by atoms with Crippen molar-refractivity contribution < 1.29 is 9.53 Å². The quantitative estimate of drug-likeness (QED) is 0.899. The number of piperidine rings is 1. The molecule has 0 aromatic heterocycles. The molecule has 3 rings (SSSR count). The maximum Gasteiger partial charge on any atom is 0.410 e. The van der Waals surface area contributed by atoms with Gasteiger partial charge in [0.2, 0.25) is 0 Å². The molecule has 1 aromatic carbocycles. The van der Waals surface area contributed by atoms with Gasteiger partial charge in [0.15, 0.2) is 0 Å². The van der Waals surface area contributed by atoms with E-state index in [2.05, 4.69) is 10.2 Å². The van der Waals surface area contributed by atoms with E-state index in [9.17, 15) is 4.79 Å². The lowest BCUT2D eigenvalue weighted by molar-refractivity contribution is 0.0699. The number of hydrogen-bond donors (Lipinski definition) is 1. The number of benzene rings is 1. The van der Waals surface area contributed by atoms with Gasteiger partial charge in [-0.25, -0.2) is 4.79 Å². The molecule has 0 unspecified atom stereocenters. The van der Waals surface area contributed by atoms with Gasteiger partial charge in [-0.1, -0.05) is 30.3 Å². The Hall–Kier alpha value is -1.59. The predicted octanol–water partition coefficient (Wildman–Crippen LogP) is 2.33. The summed E-state index contributed by atoms with van der Waals surface area (Å²) in [4.78, 5) is 16.5. The van der Waals surface area contributed by atoms with Gasteiger partial charge in [-0.3, -0.25) is 4.90 Å². The van der Waals surface area contributed by atoms with Crippen LogP contribution in [-0.4, -0.2) is 61.7 Å². The van der Waals surface area contributed by atoms with E-state index < -0.39 is 0 Å². The summed E-state index contributed by atoms with van der Waals surface area (Å²) >= 11 is 0. The smallest absolute Gasteiger partial charge is 0.410 e. The number of nitrogens with zero attached hydrogens (tertiary/aromatic N) is 2. The molecule has 2 saturated heterocycles. The van der Waals surface area contributed by atoms with Gasteiger partial charge in [-0.2, -0.15) is 0 Å². The van der Waals surface area contributed by atoms with Crippen LogP contribution >= 0.6 is 0 Å². The minimum atomic E-state index is -0.183. The zero-order chi connectivity index (χ0) is 16.6. The van der Waals surface area contributed by atoms with Gasteiger partial charge >= 0.3 is 6.09 Å². The molecule has 24 heavy (non-hydrogen) atoms. The number of piperazine rings is 1. The predicted molar refractivity (Wildman–Crippen MR) is 94.9 cm³/mol. The lowest BCUT2D eigenvalue weighted by Crippen LogP contribution is -2.49. The average molecular weight is 331 g/mol. The van der Waals surface area contributed by atoms with Crippen molar-refractivity contribution in [3.05, 3.63) is 35.9 Å². The molecule has 0 radical (unpaired) electrons. The molecule has 2 heterocycles. The Morgan fingerprint density at radius 1 is 1.08 bits per heavy atom. The van der Waals surface area contributed by atoms with Crippen LogP contribution in [0.5, 0.6) is 0 Å². The number of amides is 1. The van der Waals surface area contributed by atoms with Gasteiger partial charge in [-0.05, 0) is 50.4 Å². The number of rotatable bonds is 5. The van der Waals surface area contributed by atoms with Crippen molar-refractivity contribution in [2.45, 2.75) is 25.9 Å². The van der Waals surface area contributed by atoms with E-state index in [0.29, 0.717) is 6.61 Å². The maximum atomic E-state index is 12.2. The molecular formula is C19H29N3O2. The summed E-state index contributed by atoms with van der Waals surface area (Å²) in [5.41, 5.74) is 1.03. The van der Waals surface area contributed by atoms with E-state index in [-0.39, 0.29) is 6.09 Å². The van der Waals surface area contributed by atoms with Crippen molar-refractivity contribution in [2.75, 3.05) is 45.8 Å². The van der Waals surface area contributed by atoms with E-state index in [0.717, 1.165) is 44.2 Å². The molecule has 0 spiro atoms. The first-order valence-corrected chi connectivity index (χ1v) is 9.20. The highest BCUT2D eigenvalue weighted by atomic mass is 16.6. The molecular weight excluding hydrogens is 302 g/mol. The van der Waals surface area contributed by atoms with Crippen molar-refractivity contribution in [3.8, 4) is 0 Å². The second kappa shape index (κ2) is 9.04. The molecule has 1 aromatic rings. The van der Waals surface area contributed by atoms with E-state index in [4.69, 9.17) is 4.74 Å². The van der Waals surface area contributed by atoms with Gasteiger partial charge < -0.3 is 15.0 Å². The first kappa shape index (κ1) is 17.2. The number of hydrogen-bond acceptors (Lipinski definition) is 4. The molecule has 132 valence electrons. The Morgan fingerprint density at radius 3 is 2.50 bits per heavy atom. The Balaban J connectivity index is 1.33. The van der Waals surface area contributed by atoms with Crippen molar-refractivity contribution in [1.29, 1.82) is 0 Å². The molecule has 5 nitrogen and oxygen atoms in total. The van der Waals surface area contributed by atoms with Crippen LogP contribution in [0.25, 0.3) is 0 Å². The van der Waals surface area contributed by atoms with Gasteiger partial charge in [0.1, 0.15) is 6.61 Å². The Kier molecular flexibility index (Phi) is 6.49. The minimum absolute atomic E-state index is 0.183. The third kappa shape index (κ3) is 5.21. The molecule has 0 bridgehead atoms. The highest BCUT2D eigenvalue weighted by Crippen LogP contribution is 2.17. The fourth-order valence-corrected chi connectivity index (χ4v) is 3.50. The summed E-state index contributed by atoms with van der Waals surface area (Å²) in [6.45, 7) is 7.35. The number of carbonyl (C=O) groups is 1. The normalized spacial score (nSPS) is 20.1. The van der Waals surface area contributed by atoms with E-state index in [1.54, 1.807) is 0 Å². The number of ether oxygens (including phenoxy) is 1. The Bertz CT molecular complexity index is 495. The van der Waals surface area contributed by atoms with Crippen LogP contribution in [0.4, 0.5) is 4.79 Å². The summed E-state index contributed by atoms with van der Waals surface area (Å²) in [7, 11) is 0. The van der Waals surface area contributed by atoms with Crippen LogP contribution in [0.15, 0.2) is 30.3 Å². The molecule has 1 amide bonds. The second-order valence-electron chi connectivity index (χ2n) is 6.85. The average Bonchev–Trinajstić information content (AvgIpc) is 2.66. The third-order valence-electron chi connectivity index (χ3n) is 5.15. The largest absolute Gasteiger partial charge is 0.445 e. The van der Waals surface area contributed by atoms with Crippen LogP contribution in [0.1, 0.15) is 24.8 Å². The SMILES string of the molecule is O=C(OCc1ccccc1)N1CCN(CCC2CCNCC2)CC1. The Morgan fingerprint density at radius 2 is 1.79 bits per heavy atom. The molecule has 1 N–H and O–H groups in total. The summed E-state index contributed by atoms with van der Waals surface area (Å²) in [5.74, 6) is 0.875. The van der Waals surface area contributed by atoms with Gasteiger partial charge in [0.05, 0.1) is 0 Å². The summed E-state index contributed by atoms with van der Waals surface area (Å²) in [5, 5.41) is 3.42. The molecule has 2 aliphatic rings. The molecule has 0 saturated carbocycles. The third-order valence-corrected chi connectivity index (χ3v) is 5.15. The second-order valence-corrected chi connectivity index (χ2v) is 6.85. The van der Waals surface area contributed by atoms with Gasteiger partial charge in [0, 0.05) is 26.2 Å². The van der Waals surface area contributed by atoms with E-state index in [1.807, 2.05) is 35.2 Å². The fourth-order valence-electron chi connectivity index (χ4n) is 3.50. The van der Waals surface area contributed by atoms with Crippen LogP contribution in [-0.2, 0) is 11.3 Å². The minimum Gasteiger partial charge on any atom is -0.445 e. The highest BCUT2D eigenvalue weighted by Gasteiger charge is 2.23. The highest BCUT2D eigenvalue weighted by molar-refractivity contribution is 5.67. The number of nitrogens with one attached hydrogen (secondary N) is 1. The van der Waals surface area contributed by atoms with Crippen LogP contribution in [0.2, 0.25) is 0 Å². The molecule has 2 fully saturated rings. The van der Waals surface area contributed by atoms with E-state index in [1.165, 1.54) is 32.4 Å². The first-order chi connectivity index (χ1) is 11.8. The van der Waals surface area contributed by atoms with Crippen LogP contribution in [0.3, 0.4) is 0 Å².